The molecule has 0 aromatic carbocycles. The maximum Gasteiger partial charge on any atom is 0.163 e. The summed E-state index contributed by atoms with van der Waals surface area (Å²) in [6, 6.07) is 0.133. The van der Waals surface area contributed by atoms with E-state index in [-0.39, 0.29) is 16.3 Å². The number of thiocarbonyl (C=S) groups is 2. The molecule has 4 nitrogen and oxygen atoms in total. The zero-order chi connectivity index (χ0) is 8.85. The minimum Gasteiger partial charge on any atom is -0.376 e. The minimum absolute atomic E-state index is 0.133. The van der Waals surface area contributed by atoms with Gasteiger partial charge in [0.25, 0.3) is 0 Å². The predicted octanol–water partition coefficient (Wildman–Crippen LogP) is -0.959. The fourth-order valence-corrected chi connectivity index (χ4v) is 0.832. The lowest BCUT2D eigenvalue weighted by molar-refractivity contribution is 0.642. The van der Waals surface area contributed by atoms with Gasteiger partial charge in [-0.3, -0.25) is 0 Å². The van der Waals surface area contributed by atoms with E-state index >= 15 is 0 Å². The lowest BCUT2D eigenvalue weighted by atomic mass is 10.3. The highest BCUT2D eigenvalue weighted by Crippen LogP contribution is 1.76. The second-order valence-electron chi connectivity index (χ2n) is 2.15. The first-order chi connectivity index (χ1) is 5.02. The number of nitrogens with one attached hydrogen (secondary N) is 2. The molecule has 0 amide bonds. The van der Waals surface area contributed by atoms with Crippen molar-refractivity contribution >= 4 is 34.7 Å². The summed E-state index contributed by atoms with van der Waals surface area (Å²) in [7, 11) is 0. The van der Waals surface area contributed by atoms with Crippen molar-refractivity contribution in [3.63, 3.8) is 0 Å². The van der Waals surface area contributed by atoms with E-state index in [1.165, 1.54) is 0 Å². The lowest BCUT2D eigenvalue weighted by Crippen LogP contribution is -2.45. The van der Waals surface area contributed by atoms with Crippen LogP contribution in [0.5, 0.6) is 0 Å². The fourth-order valence-electron chi connectivity index (χ4n) is 0.548. The Bertz CT molecular complexity index is 159. The average Bonchev–Trinajstić information content (AvgIpc) is 1.82. The van der Waals surface area contributed by atoms with Crippen molar-refractivity contribution in [3.8, 4) is 0 Å². The molecule has 0 aliphatic carbocycles. The molecule has 0 aliphatic heterocycles. The second-order valence-corrected chi connectivity index (χ2v) is 3.03. The maximum atomic E-state index is 5.23. The van der Waals surface area contributed by atoms with Crippen LogP contribution in [-0.4, -0.2) is 22.8 Å². The van der Waals surface area contributed by atoms with Gasteiger partial charge < -0.3 is 22.1 Å². The van der Waals surface area contributed by atoms with E-state index in [1.807, 2.05) is 6.92 Å². The normalized spacial score (nSPS) is 11.7. The van der Waals surface area contributed by atoms with E-state index in [1.54, 1.807) is 0 Å². The topological polar surface area (TPSA) is 76.1 Å². The summed E-state index contributed by atoms with van der Waals surface area (Å²) in [6.07, 6.45) is 0. The molecule has 0 saturated carbocycles. The van der Waals surface area contributed by atoms with E-state index in [4.69, 9.17) is 11.5 Å². The molecule has 0 aromatic heterocycles. The number of nitrogens with two attached hydrogens (primary N) is 2. The molecule has 0 aromatic rings. The SMILES string of the molecule is CC(CNC(N)=S)NC(N)=S. The molecule has 0 aliphatic rings. The van der Waals surface area contributed by atoms with E-state index in [0.717, 1.165) is 0 Å². The molecule has 1 atom stereocenters. The van der Waals surface area contributed by atoms with Crippen molar-refractivity contribution in [1.82, 2.24) is 10.6 Å². The van der Waals surface area contributed by atoms with Crippen LogP contribution >= 0.6 is 24.4 Å². The summed E-state index contributed by atoms with van der Waals surface area (Å²) < 4.78 is 0. The van der Waals surface area contributed by atoms with Crippen molar-refractivity contribution in [2.45, 2.75) is 13.0 Å². The molecule has 0 heterocycles. The average molecular weight is 192 g/mol. The van der Waals surface area contributed by atoms with Gasteiger partial charge in [0.05, 0.1) is 0 Å². The smallest absolute Gasteiger partial charge is 0.163 e. The van der Waals surface area contributed by atoms with Gasteiger partial charge in [-0.2, -0.15) is 0 Å². The fraction of sp³-hybridized carbons (Fsp3) is 0.600. The van der Waals surface area contributed by atoms with Gasteiger partial charge in [-0.25, -0.2) is 0 Å². The molecular formula is C5H12N4S2. The van der Waals surface area contributed by atoms with Gasteiger partial charge in [0.15, 0.2) is 10.2 Å². The summed E-state index contributed by atoms with van der Waals surface area (Å²) in [5, 5.41) is 6.17. The Morgan fingerprint density at radius 2 is 1.91 bits per heavy atom. The van der Waals surface area contributed by atoms with Crippen LogP contribution in [0, 0.1) is 0 Å². The maximum absolute atomic E-state index is 5.23. The van der Waals surface area contributed by atoms with E-state index < -0.39 is 0 Å². The quantitative estimate of drug-likeness (QED) is 0.432. The molecule has 0 spiro atoms. The van der Waals surface area contributed by atoms with Crippen molar-refractivity contribution < 1.29 is 0 Å². The Labute approximate surface area is 76.7 Å². The molecule has 6 N–H and O–H groups in total. The summed E-state index contributed by atoms with van der Waals surface area (Å²) in [5.41, 5.74) is 10.4. The van der Waals surface area contributed by atoms with Crippen molar-refractivity contribution in [2.24, 2.45) is 11.5 Å². The van der Waals surface area contributed by atoms with Crippen LogP contribution in [0.15, 0.2) is 0 Å². The molecule has 0 radical (unpaired) electrons. The van der Waals surface area contributed by atoms with Crippen LogP contribution in [0.3, 0.4) is 0 Å². The zero-order valence-corrected chi connectivity index (χ0v) is 7.89. The summed E-state index contributed by atoms with van der Waals surface area (Å²) >= 11 is 9.23. The van der Waals surface area contributed by atoms with Gasteiger partial charge in [-0.1, -0.05) is 0 Å². The second kappa shape index (κ2) is 5.09. The molecule has 11 heavy (non-hydrogen) atoms. The predicted molar refractivity (Wildman–Crippen MR) is 54.2 cm³/mol. The van der Waals surface area contributed by atoms with Crippen molar-refractivity contribution in [2.75, 3.05) is 6.54 Å². The highest BCUT2D eigenvalue weighted by atomic mass is 32.1. The highest BCUT2D eigenvalue weighted by Gasteiger charge is 2.00. The van der Waals surface area contributed by atoms with E-state index in [9.17, 15) is 0 Å². The number of rotatable bonds is 3. The van der Waals surface area contributed by atoms with Gasteiger partial charge in [0, 0.05) is 12.6 Å². The van der Waals surface area contributed by atoms with Gasteiger partial charge in [-0.15, -0.1) is 0 Å². The standard InChI is InChI=1S/C5H12N4S2/c1-3(9-5(7)11)2-8-4(6)10/h3H,2H2,1H3,(H3,6,8,10)(H3,7,9,11). The first-order valence-corrected chi connectivity index (χ1v) is 3.93. The van der Waals surface area contributed by atoms with Crippen molar-refractivity contribution in [3.05, 3.63) is 0 Å². The van der Waals surface area contributed by atoms with Crippen molar-refractivity contribution in [1.29, 1.82) is 0 Å². The highest BCUT2D eigenvalue weighted by molar-refractivity contribution is 7.80. The van der Waals surface area contributed by atoms with Gasteiger partial charge >= 0.3 is 0 Å². The van der Waals surface area contributed by atoms with Crippen LogP contribution in [0.1, 0.15) is 6.92 Å². The van der Waals surface area contributed by atoms with E-state index in [2.05, 4.69) is 35.1 Å². The van der Waals surface area contributed by atoms with Crippen LogP contribution in [-0.2, 0) is 0 Å². The monoisotopic (exact) mass is 192 g/mol. The Morgan fingerprint density at radius 3 is 2.27 bits per heavy atom. The third-order valence-corrected chi connectivity index (χ3v) is 1.23. The largest absolute Gasteiger partial charge is 0.376 e. The summed E-state index contributed by atoms with van der Waals surface area (Å²) in [5.74, 6) is 0. The molecule has 0 saturated heterocycles. The Kier molecular flexibility index (Phi) is 4.80. The lowest BCUT2D eigenvalue weighted by Gasteiger charge is -2.13. The van der Waals surface area contributed by atoms with Gasteiger partial charge in [0.2, 0.25) is 0 Å². The van der Waals surface area contributed by atoms with Crippen LogP contribution in [0.2, 0.25) is 0 Å². The molecule has 1 unspecified atom stereocenters. The van der Waals surface area contributed by atoms with Gasteiger partial charge in [0.1, 0.15) is 0 Å². The molecule has 0 fully saturated rings. The Hall–Kier alpha value is -0.620. The van der Waals surface area contributed by atoms with Gasteiger partial charge in [-0.05, 0) is 31.4 Å². The summed E-state index contributed by atoms with van der Waals surface area (Å²) in [4.78, 5) is 0. The Morgan fingerprint density at radius 1 is 1.36 bits per heavy atom. The first-order valence-electron chi connectivity index (χ1n) is 3.11. The minimum atomic E-state index is 0.133. The molecular weight excluding hydrogens is 180 g/mol. The van der Waals surface area contributed by atoms with Crippen LogP contribution in [0.25, 0.3) is 0 Å². The number of hydrogen-bond acceptors (Lipinski definition) is 2. The van der Waals surface area contributed by atoms with Crippen LogP contribution in [0.4, 0.5) is 0 Å². The summed E-state index contributed by atoms with van der Waals surface area (Å²) in [6.45, 7) is 2.54. The molecule has 64 valence electrons. The zero-order valence-electron chi connectivity index (χ0n) is 6.26. The molecule has 0 rings (SSSR count). The molecule has 0 bridgehead atoms. The first kappa shape index (κ1) is 10.4. The number of hydrogen-bond donors (Lipinski definition) is 4. The molecule has 6 heteroatoms. The van der Waals surface area contributed by atoms with Crippen LogP contribution < -0.4 is 22.1 Å². The van der Waals surface area contributed by atoms with E-state index in [0.29, 0.717) is 6.54 Å². The Balaban J connectivity index is 3.44. The third-order valence-electron chi connectivity index (χ3n) is 0.971. The third kappa shape index (κ3) is 7.27.